The molecule has 0 saturated carbocycles. The lowest BCUT2D eigenvalue weighted by Crippen LogP contribution is -2.44. The van der Waals surface area contributed by atoms with Gasteiger partial charge in [-0.05, 0) is 70.5 Å². The largest absolute Gasteiger partial charge is 0.320 e. The molecule has 16 heavy (non-hydrogen) atoms. The number of hydrogen-bond donors (Lipinski definition) is 1. The highest BCUT2D eigenvalue weighted by Gasteiger charge is 2.25. The third-order valence-electron chi connectivity index (χ3n) is 4.10. The Bertz CT molecular complexity index is 184. The van der Waals surface area contributed by atoms with Crippen molar-refractivity contribution < 1.29 is 0 Å². The van der Waals surface area contributed by atoms with Crippen LogP contribution in [0.15, 0.2) is 0 Å². The predicted molar refractivity (Wildman–Crippen MR) is 73.2 cm³/mol. The summed E-state index contributed by atoms with van der Waals surface area (Å²) in [7, 11) is 2.06. The Morgan fingerprint density at radius 1 is 1.25 bits per heavy atom. The van der Waals surface area contributed by atoms with Gasteiger partial charge >= 0.3 is 0 Å². The minimum Gasteiger partial charge on any atom is -0.320 e. The van der Waals surface area contributed by atoms with E-state index in [0.29, 0.717) is 0 Å². The highest BCUT2D eigenvalue weighted by molar-refractivity contribution is 7.99. The molecule has 0 aromatic rings. The summed E-state index contributed by atoms with van der Waals surface area (Å²) >= 11 is 2.16. The first-order valence-corrected chi connectivity index (χ1v) is 8.02. The third kappa shape index (κ3) is 3.64. The maximum atomic E-state index is 3.27. The van der Waals surface area contributed by atoms with E-state index in [9.17, 15) is 0 Å². The highest BCUT2D eigenvalue weighted by Crippen LogP contribution is 2.27. The van der Waals surface area contributed by atoms with E-state index in [2.05, 4.69) is 29.0 Å². The normalized spacial score (nSPS) is 29.4. The molecule has 0 amide bonds. The third-order valence-corrected chi connectivity index (χ3v) is 5.30. The fourth-order valence-electron chi connectivity index (χ4n) is 2.97. The van der Waals surface area contributed by atoms with Gasteiger partial charge < -0.3 is 5.32 Å². The van der Waals surface area contributed by atoms with Crippen LogP contribution in [0.5, 0.6) is 0 Å². The van der Waals surface area contributed by atoms with E-state index in [4.69, 9.17) is 0 Å². The summed E-state index contributed by atoms with van der Waals surface area (Å²) < 4.78 is 0. The van der Waals surface area contributed by atoms with Gasteiger partial charge in [-0.25, -0.2) is 0 Å². The van der Waals surface area contributed by atoms with Crippen molar-refractivity contribution in [3.05, 3.63) is 0 Å². The van der Waals surface area contributed by atoms with Gasteiger partial charge in [-0.1, -0.05) is 0 Å². The fourth-order valence-corrected chi connectivity index (χ4v) is 4.15. The summed E-state index contributed by atoms with van der Waals surface area (Å²) in [5, 5.41) is 3.27. The number of nitrogens with one attached hydrogen (secondary N) is 1. The van der Waals surface area contributed by atoms with Crippen LogP contribution < -0.4 is 5.32 Å². The molecule has 2 saturated heterocycles. The number of hydrogen-bond acceptors (Lipinski definition) is 3. The molecule has 94 valence electrons. The average Bonchev–Trinajstić information content (AvgIpc) is 2.38. The monoisotopic (exact) mass is 242 g/mol. The zero-order chi connectivity index (χ0) is 11.2. The first-order valence-electron chi connectivity index (χ1n) is 6.86. The molecule has 0 bridgehead atoms. The molecule has 2 nitrogen and oxygen atoms in total. The molecule has 2 heterocycles. The molecule has 0 spiro atoms. The zero-order valence-corrected chi connectivity index (χ0v) is 11.4. The van der Waals surface area contributed by atoms with Crippen molar-refractivity contribution in [1.29, 1.82) is 0 Å². The van der Waals surface area contributed by atoms with E-state index < -0.39 is 0 Å². The summed E-state index contributed by atoms with van der Waals surface area (Å²) in [6.45, 7) is 3.92. The number of rotatable bonds is 4. The second kappa shape index (κ2) is 6.87. The molecule has 1 atom stereocenters. The Morgan fingerprint density at radius 3 is 2.69 bits per heavy atom. The van der Waals surface area contributed by atoms with Crippen molar-refractivity contribution in [1.82, 2.24) is 10.2 Å². The van der Waals surface area contributed by atoms with Gasteiger partial charge in [0.25, 0.3) is 0 Å². The van der Waals surface area contributed by atoms with E-state index in [1.165, 1.54) is 63.2 Å². The van der Waals surface area contributed by atoms with Gasteiger partial charge in [-0.3, -0.25) is 4.90 Å². The highest BCUT2D eigenvalue weighted by atomic mass is 32.2. The molecule has 1 N–H and O–H groups in total. The molecule has 2 aliphatic rings. The van der Waals surface area contributed by atoms with Crippen LogP contribution in [0.2, 0.25) is 0 Å². The van der Waals surface area contributed by atoms with Gasteiger partial charge in [0.2, 0.25) is 0 Å². The number of nitrogens with zero attached hydrogens (tertiary/aromatic N) is 1. The van der Waals surface area contributed by atoms with Crippen LogP contribution in [0, 0.1) is 5.92 Å². The average molecular weight is 242 g/mol. The van der Waals surface area contributed by atoms with Crippen molar-refractivity contribution in [2.24, 2.45) is 5.92 Å². The molecule has 1 unspecified atom stereocenters. The first-order chi connectivity index (χ1) is 7.90. The van der Waals surface area contributed by atoms with E-state index in [1.807, 2.05) is 0 Å². The summed E-state index contributed by atoms with van der Waals surface area (Å²) in [6.07, 6.45) is 7.14. The van der Waals surface area contributed by atoms with Crippen LogP contribution in [0.1, 0.15) is 32.1 Å². The Balaban J connectivity index is 1.67. The number of thioether (sulfide) groups is 1. The summed E-state index contributed by atoms with van der Waals surface area (Å²) in [4.78, 5) is 2.77. The van der Waals surface area contributed by atoms with Crippen LogP contribution in [0.4, 0.5) is 0 Å². The Labute approximate surface area is 105 Å². The van der Waals surface area contributed by atoms with E-state index in [-0.39, 0.29) is 0 Å². The van der Waals surface area contributed by atoms with Gasteiger partial charge in [-0.15, -0.1) is 0 Å². The fraction of sp³-hybridized carbons (Fsp3) is 1.00. The SMILES string of the molecule is CNCCC1CCN(C2CCCSC2)CC1. The molecule has 0 radical (unpaired) electrons. The van der Waals surface area contributed by atoms with E-state index >= 15 is 0 Å². The Kier molecular flexibility index (Phi) is 5.46. The lowest BCUT2D eigenvalue weighted by molar-refractivity contribution is 0.132. The van der Waals surface area contributed by atoms with Gasteiger partial charge in [0.05, 0.1) is 0 Å². The van der Waals surface area contributed by atoms with Crippen LogP contribution >= 0.6 is 11.8 Å². The Hall–Kier alpha value is 0.270. The molecule has 2 fully saturated rings. The molecule has 0 aromatic carbocycles. The second-order valence-electron chi connectivity index (χ2n) is 5.24. The number of piperidine rings is 1. The Morgan fingerprint density at radius 2 is 2.06 bits per heavy atom. The first kappa shape index (κ1) is 12.7. The zero-order valence-electron chi connectivity index (χ0n) is 10.6. The molecule has 2 rings (SSSR count). The van der Waals surface area contributed by atoms with Crippen molar-refractivity contribution in [2.75, 3.05) is 38.2 Å². The van der Waals surface area contributed by atoms with Gasteiger partial charge in [0, 0.05) is 11.8 Å². The molecule has 0 aromatic heterocycles. The van der Waals surface area contributed by atoms with Crippen LogP contribution in [-0.2, 0) is 0 Å². The minimum absolute atomic E-state index is 0.906. The maximum absolute atomic E-state index is 3.27. The number of likely N-dealkylation sites (tertiary alicyclic amines) is 1. The summed E-state index contributed by atoms with van der Waals surface area (Å²) in [5.74, 6) is 3.77. The second-order valence-corrected chi connectivity index (χ2v) is 6.39. The molecule has 2 aliphatic heterocycles. The van der Waals surface area contributed by atoms with Crippen molar-refractivity contribution in [2.45, 2.75) is 38.1 Å². The summed E-state index contributed by atoms with van der Waals surface area (Å²) in [5.41, 5.74) is 0. The topological polar surface area (TPSA) is 15.3 Å². The van der Waals surface area contributed by atoms with Crippen LogP contribution in [0.25, 0.3) is 0 Å². The maximum Gasteiger partial charge on any atom is 0.0186 e. The molecule has 0 aliphatic carbocycles. The van der Waals surface area contributed by atoms with Crippen molar-refractivity contribution >= 4 is 11.8 Å². The predicted octanol–water partition coefficient (Wildman–Crippen LogP) is 2.20. The standard InChI is InChI=1S/C13H26N2S/c1-14-7-4-12-5-8-15(9-6-12)13-3-2-10-16-11-13/h12-14H,2-11H2,1H3. The van der Waals surface area contributed by atoms with Crippen molar-refractivity contribution in [3.63, 3.8) is 0 Å². The van der Waals surface area contributed by atoms with Crippen molar-refractivity contribution in [3.8, 4) is 0 Å². The van der Waals surface area contributed by atoms with Gasteiger partial charge in [0.1, 0.15) is 0 Å². The van der Waals surface area contributed by atoms with Gasteiger partial charge in [-0.2, -0.15) is 11.8 Å². The van der Waals surface area contributed by atoms with E-state index in [0.717, 1.165) is 12.0 Å². The smallest absolute Gasteiger partial charge is 0.0186 e. The molecular formula is C13H26N2S. The quantitative estimate of drug-likeness (QED) is 0.814. The van der Waals surface area contributed by atoms with Gasteiger partial charge in [0.15, 0.2) is 0 Å². The minimum atomic E-state index is 0.906. The summed E-state index contributed by atoms with van der Waals surface area (Å²) in [6, 6.07) is 0.906. The molecule has 3 heteroatoms. The van der Waals surface area contributed by atoms with Crippen LogP contribution in [0.3, 0.4) is 0 Å². The van der Waals surface area contributed by atoms with Crippen LogP contribution in [-0.4, -0.2) is 49.1 Å². The van der Waals surface area contributed by atoms with E-state index in [1.54, 1.807) is 0 Å². The lowest BCUT2D eigenvalue weighted by Gasteiger charge is -2.39. The lowest BCUT2D eigenvalue weighted by atomic mass is 9.92. The molecular weight excluding hydrogens is 216 g/mol.